The van der Waals surface area contributed by atoms with Crippen molar-refractivity contribution in [2.24, 2.45) is 0 Å². The van der Waals surface area contributed by atoms with Crippen molar-refractivity contribution in [1.29, 1.82) is 0 Å². The Labute approximate surface area is 115 Å². The average molecular weight is 265 g/mol. The Morgan fingerprint density at radius 2 is 1.74 bits per heavy atom. The predicted molar refractivity (Wildman–Crippen MR) is 75.7 cm³/mol. The van der Waals surface area contributed by atoms with Crippen LogP contribution in [-0.4, -0.2) is 37.3 Å². The maximum absolute atomic E-state index is 11.6. The van der Waals surface area contributed by atoms with Crippen LogP contribution in [0.15, 0.2) is 18.2 Å². The summed E-state index contributed by atoms with van der Waals surface area (Å²) in [5, 5.41) is 0. The molecular formula is C15H23NO3. The van der Waals surface area contributed by atoms with Gasteiger partial charge in [0.2, 0.25) is 0 Å². The maximum Gasteiger partial charge on any atom is 0.513 e. The van der Waals surface area contributed by atoms with Crippen LogP contribution >= 0.6 is 0 Å². The van der Waals surface area contributed by atoms with Crippen molar-refractivity contribution in [3.05, 3.63) is 29.3 Å². The highest BCUT2D eigenvalue weighted by Gasteiger charge is 2.11. The minimum absolute atomic E-state index is 0.353. The number of aryl methyl sites for hydroxylation is 2. The first-order valence-electron chi connectivity index (χ1n) is 6.71. The van der Waals surface area contributed by atoms with Crippen molar-refractivity contribution in [3.63, 3.8) is 0 Å². The van der Waals surface area contributed by atoms with Gasteiger partial charge in [0.05, 0.1) is 0 Å². The maximum atomic E-state index is 11.6. The fraction of sp³-hybridized carbons (Fsp3) is 0.533. The number of likely N-dealkylation sites (N-methyl/N-ethyl adjacent to an activating group) is 1. The molecule has 0 atom stereocenters. The highest BCUT2D eigenvalue weighted by Crippen LogP contribution is 2.22. The molecule has 0 amide bonds. The van der Waals surface area contributed by atoms with Crippen molar-refractivity contribution in [1.82, 2.24) is 4.90 Å². The fourth-order valence-electron chi connectivity index (χ4n) is 1.87. The molecule has 0 aromatic heterocycles. The third-order valence-electron chi connectivity index (χ3n) is 3.12. The molecule has 0 N–H and O–H groups in total. The van der Waals surface area contributed by atoms with Crippen LogP contribution in [0.2, 0.25) is 0 Å². The number of carbonyl (C=O) groups is 1. The summed E-state index contributed by atoms with van der Waals surface area (Å²) in [5.74, 6) is 0.593. The predicted octanol–water partition coefficient (Wildman–Crippen LogP) is 3.16. The van der Waals surface area contributed by atoms with Gasteiger partial charge >= 0.3 is 6.16 Å². The molecule has 1 aromatic carbocycles. The zero-order valence-electron chi connectivity index (χ0n) is 12.2. The molecule has 0 radical (unpaired) electrons. The number of hydrogen-bond acceptors (Lipinski definition) is 4. The van der Waals surface area contributed by atoms with Gasteiger partial charge in [0, 0.05) is 6.54 Å². The molecule has 0 aliphatic carbocycles. The standard InChI is InChI=1S/C15H23NO3/c1-5-16(6-2)10-11-18-15(17)19-14-12(3)8-7-9-13(14)4/h7-9H,5-6,10-11H2,1-4H3. The van der Waals surface area contributed by atoms with Gasteiger partial charge in [-0.3, -0.25) is 0 Å². The van der Waals surface area contributed by atoms with Crippen molar-refractivity contribution in [3.8, 4) is 5.75 Å². The molecule has 19 heavy (non-hydrogen) atoms. The molecular weight excluding hydrogens is 242 g/mol. The summed E-state index contributed by atoms with van der Waals surface area (Å²) < 4.78 is 10.3. The molecule has 0 heterocycles. The molecule has 0 aliphatic rings. The second kappa shape index (κ2) is 7.79. The molecule has 0 unspecified atom stereocenters. The molecule has 4 nitrogen and oxygen atoms in total. The molecule has 0 aliphatic heterocycles. The fourth-order valence-corrected chi connectivity index (χ4v) is 1.87. The monoisotopic (exact) mass is 265 g/mol. The van der Waals surface area contributed by atoms with Crippen LogP contribution in [0, 0.1) is 13.8 Å². The zero-order chi connectivity index (χ0) is 14.3. The number of rotatable bonds is 6. The van der Waals surface area contributed by atoms with Crippen LogP contribution < -0.4 is 4.74 Å². The van der Waals surface area contributed by atoms with Gasteiger partial charge < -0.3 is 14.4 Å². The number of para-hydroxylation sites is 1. The number of nitrogens with zero attached hydrogens (tertiary/aromatic N) is 1. The van der Waals surface area contributed by atoms with E-state index >= 15 is 0 Å². The molecule has 0 saturated carbocycles. The topological polar surface area (TPSA) is 38.8 Å². The summed E-state index contributed by atoms with van der Waals surface area (Å²) in [4.78, 5) is 13.8. The lowest BCUT2D eigenvalue weighted by Crippen LogP contribution is -2.28. The van der Waals surface area contributed by atoms with Crippen LogP contribution in [0.4, 0.5) is 4.79 Å². The van der Waals surface area contributed by atoms with E-state index in [9.17, 15) is 4.79 Å². The number of carbonyl (C=O) groups excluding carboxylic acids is 1. The summed E-state index contributed by atoms with van der Waals surface area (Å²) in [5.41, 5.74) is 1.86. The first-order chi connectivity index (χ1) is 9.08. The van der Waals surface area contributed by atoms with E-state index in [1.165, 1.54) is 0 Å². The summed E-state index contributed by atoms with van der Waals surface area (Å²) >= 11 is 0. The Morgan fingerprint density at radius 1 is 1.16 bits per heavy atom. The summed E-state index contributed by atoms with van der Waals surface area (Å²) in [6.45, 7) is 11.0. The lowest BCUT2D eigenvalue weighted by molar-refractivity contribution is 0.0879. The third-order valence-corrected chi connectivity index (χ3v) is 3.12. The Hall–Kier alpha value is -1.55. The second-order valence-corrected chi connectivity index (χ2v) is 4.45. The molecule has 1 rings (SSSR count). The number of hydrogen-bond donors (Lipinski definition) is 0. The lowest BCUT2D eigenvalue weighted by Gasteiger charge is -2.17. The first kappa shape index (κ1) is 15.5. The molecule has 0 spiro atoms. The minimum atomic E-state index is -0.635. The van der Waals surface area contributed by atoms with Gasteiger partial charge in [-0.1, -0.05) is 32.0 Å². The second-order valence-electron chi connectivity index (χ2n) is 4.45. The van der Waals surface area contributed by atoms with Crippen molar-refractivity contribution >= 4 is 6.16 Å². The van der Waals surface area contributed by atoms with Crippen LogP contribution in [0.1, 0.15) is 25.0 Å². The Kier molecular flexibility index (Phi) is 6.36. The van der Waals surface area contributed by atoms with Crippen molar-refractivity contribution in [2.45, 2.75) is 27.7 Å². The first-order valence-corrected chi connectivity index (χ1v) is 6.71. The van der Waals surface area contributed by atoms with Gasteiger partial charge in [-0.25, -0.2) is 4.79 Å². The summed E-state index contributed by atoms with van der Waals surface area (Å²) in [6.07, 6.45) is -0.635. The largest absolute Gasteiger partial charge is 0.513 e. The van der Waals surface area contributed by atoms with Gasteiger partial charge in [-0.2, -0.15) is 0 Å². The Bertz CT molecular complexity index is 394. The highest BCUT2D eigenvalue weighted by molar-refractivity contribution is 5.65. The molecule has 0 saturated heterocycles. The van der Waals surface area contributed by atoms with E-state index in [2.05, 4.69) is 18.7 Å². The van der Waals surface area contributed by atoms with Crippen molar-refractivity contribution in [2.75, 3.05) is 26.2 Å². The zero-order valence-corrected chi connectivity index (χ0v) is 12.2. The van der Waals surface area contributed by atoms with Gasteiger partial charge in [0.25, 0.3) is 0 Å². The molecule has 4 heteroatoms. The summed E-state index contributed by atoms with van der Waals surface area (Å²) in [7, 11) is 0. The van der Waals surface area contributed by atoms with Gasteiger partial charge in [-0.05, 0) is 38.1 Å². The average Bonchev–Trinajstić information content (AvgIpc) is 2.39. The SMILES string of the molecule is CCN(CC)CCOC(=O)Oc1c(C)cccc1C. The number of benzene rings is 1. The summed E-state index contributed by atoms with van der Waals surface area (Å²) in [6, 6.07) is 5.75. The highest BCUT2D eigenvalue weighted by atomic mass is 16.7. The van der Waals surface area contributed by atoms with Gasteiger partial charge in [0.15, 0.2) is 0 Å². The van der Waals surface area contributed by atoms with Gasteiger partial charge in [-0.15, -0.1) is 0 Å². The van der Waals surface area contributed by atoms with Crippen molar-refractivity contribution < 1.29 is 14.3 Å². The van der Waals surface area contributed by atoms with Crippen LogP contribution in [0.25, 0.3) is 0 Å². The van der Waals surface area contributed by atoms with Crippen LogP contribution in [0.5, 0.6) is 5.75 Å². The molecule has 0 fully saturated rings. The van der Waals surface area contributed by atoms with Crippen LogP contribution in [0.3, 0.4) is 0 Å². The minimum Gasteiger partial charge on any atom is -0.433 e. The molecule has 106 valence electrons. The third kappa shape index (κ3) is 4.91. The lowest BCUT2D eigenvalue weighted by atomic mass is 10.1. The molecule has 0 bridgehead atoms. The Balaban J connectivity index is 2.43. The normalized spacial score (nSPS) is 10.6. The van der Waals surface area contributed by atoms with Crippen LogP contribution in [-0.2, 0) is 4.74 Å². The smallest absolute Gasteiger partial charge is 0.433 e. The number of ether oxygens (including phenoxy) is 2. The Morgan fingerprint density at radius 3 is 2.26 bits per heavy atom. The van der Waals surface area contributed by atoms with E-state index in [0.717, 1.165) is 30.8 Å². The van der Waals surface area contributed by atoms with E-state index < -0.39 is 6.16 Å². The van der Waals surface area contributed by atoms with Gasteiger partial charge in [0.1, 0.15) is 12.4 Å². The van der Waals surface area contributed by atoms with E-state index in [-0.39, 0.29) is 0 Å². The van der Waals surface area contributed by atoms with E-state index in [1.807, 2.05) is 32.0 Å². The quantitative estimate of drug-likeness (QED) is 0.585. The molecule has 1 aromatic rings. The van der Waals surface area contributed by atoms with E-state index in [1.54, 1.807) is 0 Å². The van der Waals surface area contributed by atoms with E-state index in [0.29, 0.717) is 12.4 Å². The van der Waals surface area contributed by atoms with E-state index in [4.69, 9.17) is 9.47 Å².